The Kier molecular flexibility index (Phi) is 5.96. The van der Waals surface area contributed by atoms with Gasteiger partial charge in [-0.1, -0.05) is 62.4 Å². The van der Waals surface area contributed by atoms with E-state index >= 15 is 0 Å². The molecule has 8 atom stereocenters. The van der Waals surface area contributed by atoms with Gasteiger partial charge in [0.05, 0.1) is 19.8 Å². The molecule has 1 N–H and O–H groups in total. The summed E-state index contributed by atoms with van der Waals surface area (Å²) >= 11 is 0. The van der Waals surface area contributed by atoms with Crippen LogP contribution in [0.3, 0.4) is 0 Å². The minimum atomic E-state index is -0.582. The highest BCUT2D eigenvalue weighted by Crippen LogP contribution is 2.79. The monoisotopic (exact) mass is 593 g/mol. The molecule has 2 bridgehead atoms. The van der Waals surface area contributed by atoms with Crippen LogP contribution in [0.2, 0.25) is 0 Å². The van der Waals surface area contributed by atoms with E-state index in [4.69, 9.17) is 9.47 Å². The maximum Gasteiger partial charge on any atom is 0.410 e. The van der Waals surface area contributed by atoms with Crippen molar-refractivity contribution >= 4 is 11.9 Å². The molecule has 1 amide bonds. The molecule has 0 unspecified atom stereocenters. The summed E-state index contributed by atoms with van der Waals surface area (Å²) in [6.45, 7) is 5.90. The largest absolute Gasteiger partial charge is 0.497 e. The van der Waals surface area contributed by atoms with Crippen molar-refractivity contribution in [3.8, 4) is 5.75 Å². The highest BCUT2D eigenvalue weighted by molar-refractivity contribution is 6.10. The minimum Gasteiger partial charge on any atom is -0.497 e. The van der Waals surface area contributed by atoms with Gasteiger partial charge in [-0.25, -0.2) is 4.79 Å². The van der Waals surface area contributed by atoms with Crippen LogP contribution in [-0.4, -0.2) is 47.2 Å². The van der Waals surface area contributed by atoms with E-state index in [9.17, 15) is 14.7 Å². The number of amides is 1. The number of ether oxygens (including phenoxy) is 2. The minimum absolute atomic E-state index is 0.0482. The topological polar surface area (TPSA) is 76.1 Å². The number of rotatable bonds is 5. The molecule has 1 saturated heterocycles. The maximum absolute atomic E-state index is 14.7. The van der Waals surface area contributed by atoms with E-state index in [1.54, 1.807) is 7.11 Å². The molecule has 44 heavy (non-hydrogen) atoms. The zero-order valence-electron chi connectivity index (χ0n) is 26.1. The average Bonchev–Trinajstić information content (AvgIpc) is 3.51. The molecule has 0 radical (unpaired) electrons. The number of hydrogen-bond donors (Lipinski definition) is 1. The number of aliphatic hydroxyl groups excluding tert-OH is 1. The first-order valence-corrected chi connectivity index (χ1v) is 16.4. The molecule has 6 nitrogen and oxygen atoms in total. The second kappa shape index (κ2) is 9.32. The lowest BCUT2D eigenvalue weighted by Gasteiger charge is -2.71. The number of hydrogen-bond acceptors (Lipinski definition) is 5. The summed E-state index contributed by atoms with van der Waals surface area (Å²) < 4.78 is 11.9. The summed E-state index contributed by atoms with van der Waals surface area (Å²) in [5.74, 6) is 1.23. The third-order valence-electron chi connectivity index (χ3n) is 13.5. The standard InChI is InChI=1S/C38H43NO5/c1-34-16-13-27(40)21-36(34)19-20-38(29(22-36)32(41)26-9-11-28(43-3)12-10-26)30(34)14-17-35(2)31(38)15-18-37(35)24-39(33(42)44-37)23-25-7-5-4-6-8-25/h4-12,19-20,22,27,30-31,40H,13-18,21,23-24H2,1-3H3/t27-,30+,31+,34+,35-,36-,37+,38+/m0/s1. The quantitative estimate of drug-likeness (QED) is 0.295. The Balaban J connectivity index is 1.22. The van der Waals surface area contributed by atoms with Gasteiger partial charge in [-0.2, -0.15) is 0 Å². The maximum atomic E-state index is 14.7. The summed E-state index contributed by atoms with van der Waals surface area (Å²) in [5.41, 5.74) is 0.952. The zero-order valence-corrected chi connectivity index (χ0v) is 26.1. The fourth-order valence-electron chi connectivity index (χ4n) is 11.2. The molecule has 9 rings (SSSR count). The van der Waals surface area contributed by atoms with Crippen LogP contribution < -0.4 is 4.74 Å². The zero-order chi connectivity index (χ0) is 30.5. The molecule has 3 saturated carbocycles. The van der Waals surface area contributed by atoms with Gasteiger partial charge in [-0.3, -0.25) is 9.69 Å². The molecule has 6 aliphatic carbocycles. The molecule has 6 heteroatoms. The van der Waals surface area contributed by atoms with E-state index in [0.29, 0.717) is 25.1 Å². The van der Waals surface area contributed by atoms with Crippen LogP contribution in [0.5, 0.6) is 5.75 Å². The van der Waals surface area contributed by atoms with Gasteiger partial charge >= 0.3 is 6.09 Å². The molecule has 4 fully saturated rings. The molecule has 0 aromatic heterocycles. The number of carbonyl (C=O) groups is 2. The van der Waals surface area contributed by atoms with E-state index in [1.165, 1.54) is 0 Å². The summed E-state index contributed by atoms with van der Waals surface area (Å²) in [7, 11) is 1.64. The Morgan fingerprint density at radius 2 is 1.66 bits per heavy atom. The molecule has 1 aliphatic heterocycles. The van der Waals surface area contributed by atoms with Crippen molar-refractivity contribution in [1.29, 1.82) is 0 Å². The van der Waals surface area contributed by atoms with Crippen molar-refractivity contribution in [3.05, 3.63) is 89.5 Å². The Hall–Kier alpha value is -3.38. The van der Waals surface area contributed by atoms with Crippen molar-refractivity contribution < 1.29 is 24.2 Å². The second-order valence-electron chi connectivity index (χ2n) is 15.0. The predicted octanol–water partition coefficient (Wildman–Crippen LogP) is 7.13. The SMILES string of the molecule is COc1ccc(C(=O)C2=C[C@@]34C=C[C@@]25[C@@H]2CC[C@@]6(CN(Cc7ccccc7)C(=O)O6)[C@@]2(C)CC[C@@H]5[C@@]3(C)CC[C@H](O)C4)cc1. The molecule has 2 aromatic rings. The number of methoxy groups -OCH3 is 1. The molecular formula is C38H43NO5. The van der Waals surface area contributed by atoms with Gasteiger partial charge in [0.25, 0.3) is 0 Å². The fourth-order valence-corrected chi connectivity index (χ4v) is 11.2. The normalized spacial score (nSPS) is 41.5. The van der Waals surface area contributed by atoms with Crippen molar-refractivity contribution in [1.82, 2.24) is 4.90 Å². The van der Waals surface area contributed by atoms with Crippen LogP contribution in [0.15, 0.2) is 78.4 Å². The lowest BCUT2D eigenvalue weighted by atomic mass is 9.32. The fraction of sp³-hybridized carbons (Fsp3) is 0.526. The first kappa shape index (κ1) is 28.1. The number of allylic oxidation sites excluding steroid dienone is 4. The number of nitrogens with zero attached hydrogens (tertiary/aromatic N) is 1. The van der Waals surface area contributed by atoms with Gasteiger partial charge in [0.1, 0.15) is 11.4 Å². The molecule has 3 spiro atoms. The van der Waals surface area contributed by atoms with Crippen LogP contribution in [0.25, 0.3) is 0 Å². The lowest BCUT2D eigenvalue weighted by Crippen LogP contribution is -2.67. The first-order chi connectivity index (χ1) is 21.1. The van der Waals surface area contributed by atoms with Gasteiger partial charge in [0, 0.05) is 33.9 Å². The first-order valence-electron chi connectivity index (χ1n) is 16.4. The number of aliphatic hydroxyl groups is 1. The third kappa shape index (κ3) is 3.46. The lowest BCUT2D eigenvalue weighted by molar-refractivity contribution is -0.164. The van der Waals surface area contributed by atoms with Crippen LogP contribution in [-0.2, 0) is 11.3 Å². The number of benzene rings is 2. The average molecular weight is 594 g/mol. The second-order valence-corrected chi connectivity index (χ2v) is 15.0. The molecule has 1 heterocycles. The van der Waals surface area contributed by atoms with Crippen molar-refractivity contribution in [2.45, 2.75) is 77.0 Å². The Bertz CT molecular complexity index is 1580. The van der Waals surface area contributed by atoms with Crippen molar-refractivity contribution in [2.75, 3.05) is 13.7 Å². The summed E-state index contributed by atoms with van der Waals surface area (Å²) in [6, 6.07) is 17.6. The number of fused-ring (bicyclic) bond motifs is 2. The summed E-state index contributed by atoms with van der Waals surface area (Å²) in [6.07, 6.45) is 12.5. The van der Waals surface area contributed by atoms with E-state index in [-0.39, 0.29) is 46.1 Å². The highest BCUT2D eigenvalue weighted by atomic mass is 16.6. The van der Waals surface area contributed by atoms with E-state index in [2.05, 4.69) is 44.2 Å². The molecule has 230 valence electrons. The van der Waals surface area contributed by atoms with Crippen LogP contribution >= 0.6 is 0 Å². The third-order valence-corrected chi connectivity index (χ3v) is 13.5. The van der Waals surface area contributed by atoms with Crippen molar-refractivity contribution in [2.24, 2.45) is 33.5 Å². The predicted molar refractivity (Wildman–Crippen MR) is 167 cm³/mol. The van der Waals surface area contributed by atoms with E-state index < -0.39 is 11.0 Å². The Morgan fingerprint density at radius 1 is 0.955 bits per heavy atom. The van der Waals surface area contributed by atoms with Crippen LogP contribution in [0.4, 0.5) is 4.79 Å². The molecule has 7 aliphatic rings. The number of carbonyl (C=O) groups excluding carboxylic acids is 2. The Morgan fingerprint density at radius 3 is 2.41 bits per heavy atom. The molecule has 2 aromatic carbocycles. The highest BCUT2D eigenvalue weighted by Gasteiger charge is 2.76. The van der Waals surface area contributed by atoms with Gasteiger partial charge < -0.3 is 14.6 Å². The van der Waals surface area contributed by atoms with Crippen LogP contribution in [0.1, 0.15) is 74.7 Å². The number of ketones is 1. The summed E-state index contributed by atoms with van der Waals surface area (Å²) in [4.78, 5) is 30.1. The van der Waals surface area contributed by atoms with Gasteiger partial charge in [0.15, 0.2) is 5.78 Å². The van der Waals surface area contributed by atoms with E-state index in [0.717, 1.165) is 55.4 Å². The van der Waals surface area contributed by atoms with Crippen LogP contribution in [0, 0.1) is 33.5 Å². The van der Waals surface area contributed by atoms with E-state index in [1.807, 2.05) is 47.4 Å². The van der Waals surface area contributed by atoms with Gasteiger partial charge in [-0.15, -0.1) is 0 Å². The summed E-state index contributed by atoms with van der Waals surface area (Å²) in [5, 5.41) is 10.9. The Labute approximate surface area is 260 Å². The smallest absolute Gasteiger partial charge is 0.410 e. The molecular weight excluding hydrogens is 550 g/mol. The van der Waals surface area contributed by atoms with Gasteiger partial charge in [-0.05, 0) is 92.0 Å². The van der Waals surface area contributed by atoms with Gasteiger partial charge in [0.2, 0.25) is 0 Å². The van der Waals surface area contributed by atoms with Crippen molar-refractivity contribution in [3.63, 3.8) is 0 Å². The number of Topliss-reactive ketones (excluding diaryl/α,β-unsaturated/α-hetero) is 1.